The second kappa shape index (κ2) is 4.69. The molecule has 3 nitrogen and oxygen atoms in total. The van der Waals surface area contributed by atoms with Crippen molar-refractivity contribution in [2.24, 2.45) is 0 Å². The van der Waals surface area contributed by atoms with Gasteiger partial charge in [0.15, 0.2) is 9.84 Å². The van der Waals surface area contributed by atoms with Crippen LogP contribution < -0.4 is 4.74 Å². The maximum atomic E-state index is 11.3. The Bertz CT molecular complexity index is 474. The molecule has 94 valence electrons. The molecule has 1 aromatic rings. The first kappa shape index (κ1) is 12.4. The fourth-order valence-corrected chi connectivity index (χ4v) is 3.57. The van der Waals surface area contributed by atoms with E-state index < -0.39 is 9.84 Å². The number of benzene rings is 1. The molecule has 0 aliphatic carbocycles. The zero-order valence-electron chi connectivity index (χ0n) is 10.2. The topological polar surface area (TPSA) is 43.4 Å². The highest BCUT2D eigenvalue weighted by atomic mass is 32.2. The Morgan fingerprint density at radius 3 is 2.35 bits per heavy atom. The van der Waals surface area contributed by atoms with E-state index in [1.54, 1.807) is 0 Å². The van der Waals surface area contributed by atoms with Gasteiger partial charge in [-0.3, -0.25) is 0 Å². The summed E-state index contributed by atoms with van der Waals surface area (Å²) in [6.45, 7) is 4.28. The Balaban J connectivity index is 2.00. The van der Waals surface area contributed by atoms with Crippen LogP contribution in [0.4, 0.5) is 0 Å². The van der Waals surface area contributed by atoms with Crippen molar-refractivity contribution in [2.45, 2.75) is 32.3 Å². The number of hydrogen-bond acceptors (Lipinski definition) is 3. The summed E-state index contributed by atoms with van der Waals surface area (Å²) in [5.41, 5.74) is 1.26. The van der Waals surface area contributed by atoms with Crippen molar-refractivity contribution >= 4 is 9.84 Å². The van der Waals surface area contributed by atoms with E-state index in [2.05, 4.69) is 13.8 Å². The molecular weight excluding hydrogens is 236 g/mol. The average molecular weight is 254 g/mol. The van der Waals surface area contributed by atoms with E-state index in [0.717, 1.165) is 5.75 Å². The second-order valence-corrected chi connectivity index (χ2v) is 7.10. The fourth-order valence-electron chi connectivity index (χ4n) is 1.98. The molecule has 1 atom stereocenters. The van der Waals surface area contributed by atoms with Gasteiger partial charge in [0, 0.05) is 0 Å². The summed E-state index contributed by atoms with van der Waals surface area (Å²) < 4.78 is 28.3. The van der Waals surface area contributed by atoms with Crippen molar-refractivity contribution in [3.63, 3.8) is 0 Å². The van der Waals surface area contributed by atoms with Gasteiger partial charge in [-0.2, -0.15) is 0 Å². The summed E-state index contributed by atoms with van der Waals surface area (Å²) in [6.07, 6.45) is 0.429. The lowest BCUT2D eigenvalue weighted by Crippen LogP contribution is -2.17. The van der Waals surface area contributed by atoms with E-state index in [0.29, 0.717) is 12.3 Å². The maximum Gasteiger partial charge on any atom is 0.154 e. The van der Waals surface area contributed by atoms with Gasteiger partial charge < -0.3 is 4.74 Å². The molecule has 0 spiro atoms. The summed E-state index contributed by atoms with van der Waals surface area (Å²) in [4.78, 5) is 0. The zero-order valence-corrected chi connectivity index (χ0v) is 11.0. The van der Waals surface area contributed by atoms with Gasteiger partial charge in [0.1, 0.15) is 11.9 Å². The molecule has 1 fully saturated rings. The predicted molar refractivity (Wildman–Crippen MR) is 68.2 cm³/mol. The van der Waals surface area contributed by atoms with E-state index in [-0.39, 0.29) is 17.6 Å². The molecular formula is C13H18O3S. The van der Waals surface area contributed by atoms with E-state index in [1.807, 2.05) is 24.3 Å². The van der Waals surface area contributed by atoms with Crippen LogP contribution in [0.1, 0.15) is 31.7 Å². The summed E-state index contributed by atoms with van der Waals surface area (Å²) in [7, 11) is -2.86. The standard InChI is InChI=1S/C13H18O3S/c1-10(2)11-3-5-12(6-4-11)16-13-7-8-17(14,15)9-13/h3-6,10,13H,7-9H2,1-2H3. The third kappa shape index (κ3) is 3.22. The summed E-state index contributed by atoms with van der Waals surface area (Å²) >= 11 is 0. The Morgan fingerprint density at radius 1 is 1.24 bits per heavy atom. The van der Waals surface area contributed by atoms with Gasteiger partial charge in [-0.15, -0.1) is 0 Å². The predicted octanol–water partition coefficient (Wildman–Crippen LogP) is 2.38. The van der Waals surface area contributed by atoms with Gasteiger partial charge in [0.05, 0.1) is 11.5 Å². The molecule has 0 saturated carbocycles. The third-order valence-corrected chi connectivity index (χ3v) is 4.78. The van der Waals surface area contributed by atoms with Crippen LogP contribution in [-0.4, -0.2) is 26.0 Å². The van der Waals surface area contributed by atoms with Crippen molar-refractivity contribution in [3.8, 4) is 5.75 Å². The lowest BCUT2D eigenvalue weighted by atomic mass is 10.0. The van der Waals surface area contributed by atoms with Crippen molar-refractivity contribution in [3.05, 3.63) is 29.8 Å². The van der Waals surface area contributed by atoms with Crippen molar-refractivity contribution < 1.29 is 13.2 Å². The molecule has 0 aromatic heterocycles. The Morgan fingerprint density at radius 2 is 1.88 bits per heavy atom. The molecule has 0 radical (unpaired) electrons. The van der Waals surface area contributed by atoms with Crippen LogP contribution in [0.15, 0.2) is 24.3 Å². The zero-order chi connectivity index (χ0) is 12.5. The first-order valence-electron chi connectivity index (χ1n) is 5.93. The SMILES string of the molecule is CC(C)c1ccc(OC2CCS(=O)(=O)C2)cc1. The first-order chi connectivity index (χ1) is 7.96. The molecule has 1 aliphatic rings. The van der Waals surface area contributed by atoms with Gasteiger partial charge in [0.25, 0.3) is 0 Å². The first-order valence-corrected chi connectivity index (χ1v) is 7.75. The minimum absolute atomic E-state index is 0.152. The Kier molecular flexibility index (Phi) is 3.43. The maximum absolute atomic E-state index is 11.3. The smallest absolute Gasteiger partial charge is 0.154 e. The molecule has 1 unspecified atom stereocenters. The molecule has 0 amide bonds. The van der Waals surface area contributed by atoms with Crippen LogP contribution in [0.2, 0.25) is 0 Å². The van der Waals surface area contributed by atoms with Gasteiger partial charge in [-0.1, -0.05) is 26.0 Å². The number of hydrogen-bond donors (Lipinski definition) is 0. The highest BCUT2D eigenvalue weighted by Crippen LogP contribution is 2.22. The molecule has 1 saturated heterocycles. The van der Waals surface area contributed by atoms with Gasteiger partial charge in [-0.25, -0.2) is 8.42 Å². The molecule has 0 bridgehead atoms. The monoisotopic (exact) mass is 254 g/mol. The van der Waals surface area contributed by atoms with E-state index >= 15 is 0 Å². The molecule has 1 aromatic carbocycles. The highest BCUT2D eigenvalue weighted by molar-refractivity contribution is 7.91. The van der Waals surface area contributed by atoms with E-state index in [4.69, 9.17) is 4.74 Å². The van der Waals surface area contributed by atoms with Crippen LogP contribution in [-0.2, 0) is 9.84 Å². The van der Waals surface area contributed by atoms with E-state index in [9.17, 15) is 8.42 Å². The molecule has 2 rings (SSSR count). The number of sulfone groups is 1. The number of ether oxygens (including phenoxy) is 1. The molecule has 4 heteroatoms. The quantitative estimate of drug-likeness (QED) is 0.831. The lowest BCUT2D eigenvalue weighted by Gasteiger charge is -2.13. The minimum atomic E-state index is -2.86. The largest absolute Gasteiger partial charge is 0.489 e. The highest BCUT2D eigenvalue weighted by Gasteiger charge is 2.29. The summed E-state index contributed by atoms with van der Waals surface area (Å²) in [6, 6.07) is 7.90. The molecule has 17 heavy (non-hydrogen) atoms. The molecule has 1 heterocycles. The van der Waals surface area contributed by atoms with Crippen molar-refractivity contribution in [2.75, 3.05) is 11.5 Å². The van der Waals surface area contributed by atoms with Crippen molar-refractivity contribution in [1.29, 1.82) is 0 Å². The molecule has 0 N–H and O–H groups in total. The van der Waals surface area contributed by atoms with Gasteiger partial charge in [-0.05, 0) is 30.0 Å². The third-order valence-electron chi connectivity index (χ3n) is 3.04. The van der Waals surface area contributed by atoms with Gasteiger partial charge >= 0.3 is 0 Å². The summed E-state index contributed by atoms with van der Waals surface area (Å²) in [5, 5.41) is 0. The normalized spacial score (nSPS) is 22.9. The second-order valence-electron chi connectivity index (χ2n) is 4.87. The van der Waals surface area contributed by atoms with Crippen LogP contribution in [0.3, 0.4) is 0 Å². The summed E-state index contributed by atoms with van der Waals surface area (Å²) in [5.74, 6) is 1.66. The van der Waals surface area contributed by atoms with E-state index in [1.165, 1.54) is 5.56 Å². The van der Waals surface area contributed by atoms with Crippen LogP contribution in [0.25, 0.3) is 0 Å². The van der Waals surface area contributed by atoms with Gasteiger partial charge in [0.2, 0.25) is 0 Å². The van der Waals surface area contributed by atoms with Crippen LogP contribution in [0, 0.1) is 0 Å². The fraction of sp³-hybridized carbons (Fsp3) is 0.538. The van der Waals surface area contributed by atoms with Crippen LogP contribution in [0.5, 0.6) is 5.75 Å². The molecule has 1 aliphatic heterocycles. The Labute approximate surface area is 103 Å². The average Bonchev–Trinajstić information content (AvgIpc) is 2.59. The van der Waals surface area contributed by atoms with Crippen LogP contribution >= 0.6 is 0 Å². The van der Waals surface area contributed by atoms with Crippen molar-refractivity contribution in [1.82, 2.24) is 0 Å². The Hall–Kier alpha value is -1.03. The lowest BCUT2D eigenvalue weighted by molar-refractivity contribution is 0.229. The minimum Gasteiger partial charge on any atom is -0.489 e. The number of rotatable bonds is 3.